The van der Waals surface area contributed by atoms with Crippen LogP contribution >= 0.6 is 0 Å². The Morgan fingerprint density at radius 2 is 1.92 bits per heavy atom. The Bertz CT molecular complexity index is 896. The number of ether oxygens (including phenoxy) is 1. The first-order valence-electron chi connectivity index (χ1n) is 8.04. The summed E-state index contributed by atoms with van der Waals surface area (Å²) in [6.07, 6.45) is 0. The second-order valence-electron chi connectivity index (χ2n) is 6.10. The topological polar surface area (TPSA) is 54.1 Å². The summed E-state index contributed by atoms with van der Waals surface area (Å²) in [5.41, 5.74) is 4.57. The number of anilines is 1. The molecule has 1 atom stereocenters. The molecular formula is C20H22N2O2. The van der Waals surface area contributed by atoms with Crippen molar-refractivity contribution in [3.8, 4) is 5.75 Å². The highest BCUT2D eigenvalue weighted by Gasteiger charge is 2.22. The van der Waals surface area contributed by atoms with Crippen LogP contribution in [-0.2, 0) is 0 Å². The first-order chi connectivity index (χ1) is 11.5. The number of Topliss-reactive ketones (excluding diaryl/α,β-unsaturated/α-hetero) is 1. The monoisotopic (exact) mass is 322 g/mol. The number of hydrogen-bond donors (Lipinski definition) is 2. The largest absolute Gasteiger partial charge is 0.495 e. The van der Waals surface area contributed by atoms with Crippen LogP contribution in [0.1, 0.15) is 28.5 Å². The summed E-state index contributed by atoms with van der Waals surface area (Å²) in [6.45, 7) is 5.83. The van der Waals surface area contributed by atoms with Crippen LogP contribution in [0.5, 0.6) is 5.75 Å². The van der Waals surface area contributed by atoms with Crippen LogP contribution in [-0.4, -0.2) is 23.9 Å². The third-order valence-corrected chi connectivity index (χ3v) is 4.26. The van der Waals surface area contributed by atoms with E-state index in [1.165, 1.54) is 0 Å². The van der Waals surface area contributed by atoms with Crippen molar-refractivity contribution in [2.24, 2.45) is 0 Å². The van der Waals surface area contributed by atoms with Crippen molar-refractivity contribution in [1.82, 2.24) is 4.98 Å². The van der Waals surface area contributed by atoms with E-state index < -0.39 is 0 Å². The molecule has 1 unspecified atom stereocenters. The Balaban J connectivity index is 1.92. The molecule has 2 aromatic carbocycles. The molecule has 0 aliphatic rings. The Morgan fingerprint density at radius 1 is 1.17 bits per heavy atom. The number of methoxy groups -OCH3 is 1. The van der Waals surface area contributed by atoms with Gasteiger partial charge in [-0.05, 0) is 44.5 Å². The summed E-state index contributed by atoms with van der Waals surface area (Å²) in [4.78, 5) is 16.3. The smallest absolute Gasteiger partial charge is 0.187 e. The van der Waals surface area contributed by atoms with Gasteiger partial charge < -0.3 is 15.0 Å². The number of nitrogens with one attached hydrogen (secondary N) is 2. The number of hydrogen-bond acceptors (Lipinski definition) is 3. The van der Waals surface area contributed by atoms with Gasteiger partial charge in [-0.2, -0.15) is 0 Å². The number of aromatic nitrogens is 1. The number of carbonyl (C=O) groups is 1. The van der Waals surface area contributed by atoms with E-state index in [2.05, 4.69) is 10.3 Å². The van der Waals surface area contributed by atoms with E-state index in [-0.39, 0.29) is 11.8 Å². The number of para-hydroxylation sites is 1. The number of aryl methyl sites for hydroxylation is 2. The molecule has 0 aliphatic heterocycles. The third kappa shape index (κ3) is 2.87. The summed E-state index contributed by atoms with van der Waals surface area (Å²) in [6, 6.07) is 13.4. The molecule has 2 N–H and O–H groups in total. The van der Waals surface area contributed by atoms with Gasteiger partial charge in [0, 0.05) is 22.2 Å². The molecule has 0 spiro atoms. The quantitative estimate of drug-likeness (QED) is 0.681. The second kappa shape index (κ2) is 6.40. The molecule has 0 saturated carbocycles. The van der Waals surface area contributed by atoms with Gasteiger partial charge in [0.2, 0.25) is 0 Å². The molecule has 0 bridgehead atoms. The van der Waals surface area contributed by atoms with Gasteiger partial charge >= 0.3 is 0 Å². The third-order valence-electron chi connectivity index (χ3n) is 4.26. The zero-order chi connectivity index (χ0) is 17.3. The molecule has 0 saturated heterocycles. The molecular weight excluding hydrogens is 300 g/mol. The number of rotatable bonds is 5. The highest BCUT2D eigenvalue weighted by Crippen LogP contribution is 2.28. The summed E-state index contributed by atoms with van der Waals surface area (Å²) >= 11 is 0. The van der Waals surface area contributed by atoms with Crippen molar-refractivity contribution in [2.45, 2.75) is 26.8 Å². The average molecular weight is 322 g/mol. The molecule has 0 aliphatic carbocycles. The van der Waals surface area contributed by atoms with Crippen LogP contribution in [0.25, 0.3) is 10.9 Å². The van der Waals surface area contributed by atoms with Gasteiger partial charge in [-0.3, -0.25) is 4.79 Å². The number of ketones is 1. The first-order valence-corrected chi connectivity index (χ1v) is 8.04. The maximum atomic E-state index is 13.0. The van der Waals surface area contributed by atoms with Gasteiger partial charge in [-0.1, -0.05) is 24.3 Å². The summed E-state index contributed by atoms with van der Waals surface area (Å²) in [7, 11) is 1.63. The lowest BCUT2D eigenvalue weighted by molar-refractivity contribution is 0.0976. The lowest BCUT2D eigenvalue weighted by Gasteiger charge is -2.17. The lowest BCUT2D eigenvalue weighted by atomic mass is 10.0. The molecule has 124 valence electrons. The van der Waals surface area contributed by atoms with E-state index in [1.807, 2.05) is 63.2 Å². The fourth-order valence-corrected chi connectivity index (χ4v) is 3.04. The molecule has 3 rings (SSSR count). The number of fused-ring (bicyclic) bond motifs is 1. The maximum absolute atomic E-state index is 13.0. The Morgan fingerprint density at radius 3 is 2.67 bits per heavy atom. The van der Waals surface area contributed by atoms with Crippen molar-refractivity contribution >= 4 is 22.4 Å². The van der Waals surface area contributed by atoms with E-state index in [1.54, 1.807) is 7.11 Å². The van der Waals surface area contributed by atoms with E-state index in [0.717, 1.165) is 39.2 Å². The Labute approximate surface area is 141 Å². The molecule has 0 radical (unpaired) electrons. The van der Waals surface area contributed by atoms with Crippen LogP contribution in [0.3, 0.4) is 0 Å². The van der Waals surface area contributed by atoms with Gasteiger partial charge in [-0.15, -0.1) is 0 Å². The predicted molar refractivity (Wildman–Crippen MR) is 98.2 cm³/mol. The van der Waals surface area contributed by atoms with Crippen molar-refractivity contribution in [3.05, 3.63) is 59.3 Å². The first kappa shape index (κ1) is 16.1. The number of carbonyl (C=O) groups excluding carboxylic acids is 1. The van der Waals surface area contributed by atoms with Crippen LogP contribution in [0, 0.1) is 13.8 Å². The molecule has 24 heavy (non-hydrogen) atoms. The molecule has 0 amide bonds. The Hall–Kier alpha value is -2.75. The number of benzene rings is 2. The summed E-state index contributed by atoms with van der Waals surface area (Å²) in [5, 5.41) is 4.26. The predicted octanol–water partition coefficient (Wildman–Crippen LogP) is 4.48. The highest BCUT2D eigenvalue weighted by molar-refractivity contribution is 6.12. The molecule has 0 fully saturated rings. The van der Waals surface area contributed by atoms with E-state index in [0.29, 0.717) is 0 Å². The zero-order valence-electron chi connectivity index (χ0n) is 14.4. The van der Waals surface area contributed by atoms with Crippen molar-refractivity contribution < 1.29 is 9.53 Å². The minimum atomic E-state index is -0.362. The van der Waals surface area contributed by atoms with Crippen LogP contribution in [0.15, 0.2) is 42.5 Å². The molecule has 1 heterocycles. The fourth-order valence-electron chi connectivity index (χ4n) is 3.04. The minimum Gasteiger partial charge on any atom is -0.495 e. The maximum Gasteiger partial charge on any atom is 0.187 e. The van der Waals surface area contributed by atoms with E-state index >= 15 is 0 Å². The fraction of sp³-hybridized carbons (Fsp3) is 0.250. The Kier molecular flexibility index (Phi) is 4.30. The summed E-state index contributed by atoms with van der Waals surface area (Å²) < 4.78 is 5.39. The molecule has 4 nitrogen and oxygen atoms in total. The van der Waals surface area contributed by atoms with Gasteiger partial charge in [0.1, 0.15) is 5.75 Å². The minimum absolute atomic E-state index is 0.0634. The average Bonchev–Trinajstić information content (AvgIpc) is 2.90. The lowest BCUT2D eigenvalue weighted by Crippen LogP contribution is -2.26. The van der Waals surface area contributed by atoms with Gasteiger partial charge in [-0.25, -0.2) is 0 Å². The molecule has 1 aromatic heterocycles. The van der Waals surface area contributed by atoms with Crippen LogP contribution < -0.4 is 10.1 Å². The van der Waals surface area contributed by atoms with Gasteiger partial charge in [0.25, 0.3) is 0 Å². The molecule has 4 heteroatoms. The van der Waals surface area contributed by atoms with Crippen LogP contribution in [0.2, 0.25) is 0 Å². The van der Waals surface area contributed by atoms with Crippen molar-refractivity contribution in [1.29, 1.82) is 0 Å². The zero-order valence-corrected chi connectivity index (χ0v) is 14.4. The summed E-state index contributed by atoms with van der Waals surface area (Å²) in [5.74, 6) is 0.796. The standard InChI is InChI=1S/C20H22N2O2/c1-12-9-10-18(24-4)17(11-12)22-14(3)20(23)19-13(2)21-16-8-6-5-7-15(16)19/h5-11,14,21-22H,1-4H3. The normalized spacial score (nSPS) is 12.2. The number of H-pyrrole nitrogens is 1. The van der Waals surface area contributed by atoms with E-state index in [9.17, 15) is 4.79 Å². The molecule has 3 aromatic rings. The number of aromatic amines is 1. The highest BCUT2D eigenvalue weighted by atomic mass is 16.5. The van der Waals surface area contributed by atoms with Gasteiger partial charge in [0.15, 0.2) is 5.78 Å². The van der Waals surface area contributed by atoms with Crippen molar-refractivity contribution in [3.63, 3.8) is 0 Å². The SMILES string of the molecule is COc1ccc(C)cc1NC(C)C(=O)c1c(C)[nH]c2ccccc12. The van der Waals surface area contributed by atoms with E-state index in [4.69, 9.17) is 4.74 Å². The van der Waals surface area contributed by atoms with Crippen molar-refractivity contribution in [2.75, 3.05) is 12.4 Å². The van der Waals surface area contributed by atoms with Gasteiger partial charge in [0.05, 0.1) is 18.8 Å². The van der Waals surface area contributed by atoms with Crippen LogP contribution in [0.4, 0.5) is 5.69 Å². The second-order valence-corrected chi connectivity index (χ2v) is 6.10.